The van der Waals surface area contributed by atoms with E-state index in [9.17, 15) is 9.59 Å². The second kappa shape index (κ2) is 9.87. The summed E-state index contributed by atoms with van der Waals surface area (Å²) in [5.74, 6) is 1.22. The first-order valence-corrected chi connectivity index (χ1v) is 11.5. The standard InChI is InChI=1S/C27H26N4O3/c32-26-24-4-2-1-3-23(24)25(29-30-26)27(33)31-15-11-20(12-16-31)17-19-5-7-21(8-6-19)18-34-22-9-13-28-14-10-22/h1-10,13-14,20H,11-12,15-18H2,(H,30,32). The fraction of sp³-hybridized carbons (Fsp3) is 0.259. The lowest BCUT2D eigenvalue weighted by Crippen LogP contribution is -2.39. The molecule has 2 aromatic carbocycles. The zero-order valence-electron chi connectivity index (χ0n) is 18.8. The quantitative estimate of drug-likeness (QED) is 0.476. The Kier molecular flexibility index (Phi) is 6.33. The molecule has 0 atom stereocenters. The van der Waals surface area contributed by atoms with E-state index in [-0.39, 0.29) is 11.5 Å². The van der Waals surface area contributed by atoms with Crippen molar-refractivity contribution in [1.29, 1.82) is 0 Å². The van der Waals surface area contributed by atoms with Crippen molar-refractivity contribution in [2.45, 2.75) is 25.9 Å². The number of carbonyl (C=O) groups is 1. The normalized spacial score (nSPS) is 14.3. The van der Waals surface area contributed by atoms with Crippen LogP contribution in [0.5, 0.6) is 5.75 Å². The highest BCUT2D eigenvalue weighted by Crippen LogP contribution is 2.24. The Bertz CT molecular complexity index is 1330. The Balaban J connectivity index is 1.16. The van der Waals surface area contributed by atoms with E-state index in [1.165, 1.54) is 5.56 Å². The van der Waals surface area contributed by atoms with E-state index in [4.69, 9.17) is 4.74 Å². The van der Waals surface area contributed by atoms with Crippen molar-refractivity contribution in [3.8, 4) is 5.75 Å². The van der Waals surface area contributed by atoms with Crippen LogP contribution in [0.1, 0.15) is 34.5 Å². The van der Waals surface area contributed by atoms with Crippen LogP contribution in [0.2, 0.25) is 0 Å². The van der Waals surface area contributed by atoms with Gasteiger partial charge in [0.1, 0.15) is 12.4 Å². The fourth-order valence-corrected chi connectivity index (χ4v) is 4.47. The lowest BCUT2D eigenvalue weighted by Gasteiger charge is -2.32. The highest BCUT2D eigenvalue weighted by Gasteiger charge is 2.26. The van der Waals surface area contributed by atoms with Crippen molar-refractivity contribution in [3.05, 3.63) is 100 Å². The first kappa shape index (κ1) is 21.8. The van der Waals surface area contributed by atoms with E-state index in [1.54, 1.807) is 30.6 Å². The number of aromatic nitrogens is 3. The summed E-state index contributed by atoms with van der Waals surface area (Å²) in [6, 6.07) is 19.4. The second-order valence-corrected chi connectivity index (χ2v) is 8.67. The molecule has 1 saturated heterocycles. The number of piperidine rings is 1. The number of nitrogens with one attached hydrogen (secondary N) is 1. The Morgan fingerprint density at radius 2 is 1.62 bits per heavy atom. The van der Waals surface area contributed by atoms with E-state index >= 15 is 0 Å². The highest BCUT2D eigenvalue weighted by molar-refractivity contribution is 6.04. The van der Waals surface area contributed by atoms with Gasteiger partial charge in [0.05, 0.1) is 5.39 Å². The highest BCUT2D eigenvalue weighted by atomic mass is 16.5. The van der Waals surface area contributed by atoms with E-state index in [0.717, 1.165) is 30.6 Å². The lowest BCUT2D eigenvalue weighted by molar-refractivity contribution is 0.0685. The molecule has 1 amide bonds. The molecular weight excluding hydrogens is 428 g/mol. The minimum atomic E-state index is -0.277. The Morgan fingerprint density at radius 1 is 0.941 bits per heavy atom. The number of H-pyrrole nitrogens is 1. The maximum Gasteiger partial charge on any atom is 0.274 e. The summed E-state index contributed by atoms with van der Waals surface area (Å²) in [4.78, 5) is 31.0. The van der Waals surface area contributed by atoms with Crippen molar-refractivity contribution >= 4 is 16.7 Å². The van der Waals surface area contributed by atoms with Gasteiger partial charge in [-0.2, -0.15) is 5.10 Å². The van der Waals surface area contributed by atoms with Crippen molar-refractivity contribution in [2.24, 2.45) is 5.92 Å². The van der Waals surface area contributed by atoms with Crippen LogP contribution in [0.4, 0.5) is 0 Å². The van der Waals surface area contributed by atoms with Gasteiger partial charge in [-0.25, -0.2) is 5.10 Å². The van der Waals surface area contributed by atoms with E-state index in [2.05, 4.69) is 39.4 Å². The molecule has 1 aliphatic rings. The number of amides is 1. The van der Waals surface area contributed by atoms with Gasteiger partial charge in [0.15, 0.2) is 5.69 Å². The Morgan fingerprint density at radius 3 is 2.35 bits per heavy atom. The van der Waals surface area contributed by atoms with E-state index in [0.29, 0.717) is 42.1 Å². The number of benzene rings is 2. The molecule has 34 heavy (non-hydrogen) atoms. The van der Waals surface area contributed by atoms with Gasteiger partial charge in [0, 0.05) is 30.9 Å². The second-order valence-electron chi connectivity index (χ2n) is 8.67. The number of ether oxygens (including phenoxy) is 1. The van der Waals surface area contributed by atoms with Crippen LogP contribution >= 0.6 is 0 Å². The van der Waals surface area contributed by atoms with Gasteiger partial charge in [0.25, 0.3) is 11.5 Å². The fourth-order valence-electron chi connectivity index (χ4n) is 4.47. The third-order valence-corrected chi connectivity index (χ3v) is 6.40. The molecule has 1 aliphatic heterocycles. The molecule has 0 saturated carbocycles. The molecule has 1 fully saturated rings. The molecule has 7 heteroatoms. The van der Waals surface area contributed by atoms with Gasteiger partial charge in [0.2, 0.25) is 0 Å². The number of hydrogen-bond donors (Lipinski definition) is 1. The lowest BCUT2D eigenvalue weighted by atomic mass is 9.89. The molecule has 4 aromatic rings. The number of nitrogens with zero attached hydrogens (tertiary/aromatic N) is 3. The van der Waals surface area contributed by atoms with Crippen LogP contribution in [0.25, 0.3) is 10.8 Å². The summed E-state index contributed by atoms with van der Waals surface area (Å²) >= 11 is 0. The molecule has 0 bridgehead atoms. The zero-order chi connectivity index (χ0) is 23.3. The summed E-state index contributed by atoms with van der Waals surface area (Å²) in [7, 11) is 0. The molecular formula is C27H26N4O3. The monoisotopic (exact) mass is 454 g/mol. The van der Waals surface area contributed by atoms with Gasteiger partial charge >= 0.3 is 0 Å². The average Bonchev–Trinajstić information content (AvgIpc) is 2.89. The van der Waals surface area contributed by atoms with Gasteiger partial charge < -0.3 is 9.64 Å². The molecule has 7 nitrogen and oxygen atoms in total. The van der Waals surface area contributed by atoms with Crippen LogP contribution in [-0.2, 0) is 13.0 Å². The van der Waals surface area contributed by atoms with Crippen LogP contribution < -0.4 is 10.3 Å². The predicted octanol–water partition coefficient (Wildman–Crippen LogP) is 3.99. The molecule has 5 rings (SSSR count). The number of aromatic amines is 1. The van der Waals surface area contributed by atoms with Crippen molar-refractivity contribution in [3.63, 3.8) is 0 Å². The molecule has 1 N–H and O–H groups in total. The largest absolute Gasteiger partial charge is 0.489 e. The van der Waals surface area contributed by atoms with Crippen LogP contribution in [0, 0.1) is 5.92 Å². The number of likely N-dealkylation sites (tertiary alicyclic amines) is 1. The molecule has 0 aliphatic carbocycles. The topological polar surface area (TPSA) is 88.2 Å². The van der Waals surface area contributed by atoms with Crippen molar-refractivity contribution in [1.82, 2.24) is 20.1 Å². The first-order valence-electron chi connectivity index (χ1n) is 11.5. The number of fused-ring (bicyclic) bond motifs is 1. The summed E-state index contributed by atoms with van der Waals surface area (Å²) < 4.78 is 5.78. The number of rotatable bonds is 6. The Hall–Kier alpha value is -4.00. The first-order chi connectivity index (χ1) is 16.7. The van der Waals surface area contributed by atoms with Crippen molar-refractivity contribution < 1.29 is 9.53 Å². The van der Waals surface area contributed by atoms with Gasteiger partial charge in [-0.3, -0.25) is 14.6 Å². The van der Waals surface area contributed by atoms with Gasteiger partial charge in [-0.1, -0.05) is 42.5 Å². The van der Waals surface area contributed by atoms with E-state index in [1.807, 2.05) is 23.1 Å². The SMILES string of the molecule is O=C(c1n[nH]c(=O)c2ccccc12)N1CCC(Cc2ccc(COc3ccncc3)cc2)CC1. The van der Waals surface area contributed by atoms with Crippen LogP contribution in [0.15, 0.2) is 77.9 Å². The molecule has 2 aromatic heterocycles. The average molecular weight is 455 g/mol. The van der Waals surface area contributed by atoms with E-state index < -0.39 is 0 Å². The third-order valence-electron chi connectivity index (χ3n) is 6.40. The molecule has 0 spiro atoms. The minimum absolute atomic E-state index is 0.121. The summed E-state index contributed by atoms with van der Waals surface area (Å²) in [6.45, 7) is 1.91. The molecule has 172 valence electrons. The van der Waals surface area contributed by atoms with Crippen molar-refractivity contribution in [2.75, 3.05) is 13.1 Å². The zero-order valence-corrected chi connectivity index (χ0v) is 18.8. The molecule has 0 unspecified atom stereocenters. The number of hydrogen-bond acceptors (Lipinski definition) is 5. The maximum atomic E-state index is 13.1. The number of carbonyl (C=O) groups excluding carboxylic acids is 1. The summed E-state index contributed by atoms with van der Waals surface area (Å²) in [6.07, 6.45) is 6.32. The maximum absolute atomic E-state index is 13.1. The summed E-state index contributed by atoms with van der Waals surface area (Å²) in [5.41, 5.74) is 2.46. The summed E-state index contributed by atoms with van der Waals surface area (Å²) in [5, 5.41) is 7.63. The van der Waals surface area contributed by atoms with Gasteiger partial charge in [-0.15, -0.1) is 0 Å². The van der Waals surface area contributed by atoms with Crippen LogP contribution in [0.3, 0.4) is 0 Å². The smallest absolute Gasteiger partial charge is 0.274 e. The Labute approximate surface area is 197 Å². The van der Waals surface area contributed by atoms with Gasteiger partial charge in [-0.05, 0) is 54.5 Å². The van der Waals surface area contributed by atoms with Crippen LogP contribution in [-0.4, -0.2) is 39.1 Å². The third kappa shape index (κ3) is 4.83. The number of pyridine rings is 1. The minimum Gasteiger partial charge on any atom is -0.489 e. The molecule has 0 radical (unpaired) electrons. The predicted molar refractivity (Wildman–Crippen MR) is 130 cm³/mol. The molecule has 3 heterocycles.